The Balaban J connectivity index is 1.92. The molecule has 1 aliphatic carbocycles. The molecule has 0 aliphatic heterocycles. The molecule has 0 N–H and O–H groups in total. The molecule has 1 aliphatic rings. The maximum Gasteiger partial charge on any atom is -0.00501 e. The van der Waals surface area contributed by atoms with E-state index in [-0.39, 0.29) is 0 Å². The molecule has 1 unspecified atom stereocenters. The lowest BCUT2D eigenvalue weighted by atomic mass is 9.94. The predicted octanol–water partition coefficient (Wildman–Crippen LogP) is 5.21. The standard InChI is InChI=1S/C18H18/c1-2-7-15(8-3-1)13-14-17-11-6-10-16-9-4-5-12-18(16)17/h2,4-7,9-15H,1,3,8H2/b14-13+. The molecular formula is C18H18. The molecule has 3 rings (SSSR count). The van der Waals surface area contributed by atoms with Gasteiger partial charge in [0.25, 0.3) is 0 Å². The van der Waals surface area contributed by atoms with Gasteiger partial charge in [-0.1, -0.05) is 66.8 Å². The number of benzene rings is 2. The molecule has 90 valence electrons. The van der Waals surface area contributed by atoms with Crippen molar-refractivity contribution in [3.8, 4) is 0 Å². The molecule has 1 atom stereocenters. The molecule has 0 radical (unpaired) electrons. The Morgan fingerprint density at radius 2 is 1.89 bits per heavy atom. The highest BCUT2D eigenvalue weighted by atomic mass is 14.1. The first kappa shape index (κ1) is 11.3. The molecule has 0 heterocycles. The average molecular weight is 234 g/mol. The van der Waals surface area contributed by atoms with Gasteiger partial charge in [0.05, 0.1) is 0 Å². The molecule has 2 aromatic carbocycles. The van der Waals surface area contributed by atoms with E-state index in [2.05, 4.69) is 66.8 Å². The lowest BCUT2D eigenvalue weighted by molar-refractivity contribution is 0.632. The minimum absolute atomic E-state index is 0.623. The summed E-state index contributed by atoms with van der Waals surface area (Å²) in [6.07, 6.45) is 13.1. The van der Waals surface area contributed by atoms with E-state index in [4.69, 9.17) is 0 Å². The molecule has 0 nitrogen and oxygen atoms in total. The zero-order valence-electron chi connectivity index (χ0n) is 10.5. The van der Waals surface area contributed by atoms with E-state index in [0.717, 1.165) is 0 Å². The van der Waals surface area contributed by atoms with E-state index >= 15 is 0 Å². The van der Waals surface area contributed by atoms with E-state index in [1.54, 1.807) is 0 Å². The maximum absolute atomic E-state index is 2.34. The second-order valence-electron chi connectivity index (χ2n) is 4.95. The Bertz CT molecular complexity index is 585. The highest BCUT2D eigenvalue weighted by Gasteiger charge is 2.04. The summed E-state index contributed by atoms with van der Waals surface area (Å²) in [7, 11) is 0. The number of rotatable bonds is 2. The van der Waals surface area contributed by atoms with Gasteiger partial charge < -0.3 is 0 Å². The molecule has 0 heteroatoms. The highest BCUT2D eigenvalue weighted by molar-refractivity contribution is 5.90. The summed E-state index contributed by atoms with van der Waals surface area (Å²) in [5, 5.41) is 2.66. The number of fused-ring (bicyclic) bond motifs is 1. The van der Waals surface area contributed by atoms with Gasteiger partial charge in [0, 0.05) is 0 Å². The molecule has 0 aromatic heterocycles. The summed E-state index contributed by atoms with van der Waals surface area (Å²) in [5.74, 6) is 0.623. The second kappa shape index (κ2) is 5.22. The minimum atomic E-state index is 0.623. The largest absolute Gasteiger partial charge is 0.0879 e. The van der Waals surface area contributed by atoms with Crippen molar-refractivity contribution in [1.29, 1.82) is 0 Å². The van der Waals surface area contributed by atoms with Crippen LogP contribution < -0.4 is 0 Å². The maximum atomic E-state index is 2.34. The van der Waals surface area contributed by atoms with Crippen molar-refractivity contribution < 1.29 is 0 Å². The van der Waals surface area contributed by atoms with E-state index in [1.165, 1.54) is 35.6 Å². The fraction of sp³-hybridized carbons (Fsp3) is 0.222. The Morgan fingerprint density at radius 1 is 1.00 bits per heavy atom. The van der Waals surface area contributed by atoms with Gasteiger partial charge in [-0.3, -0.25) is 0 Å². The van der Waals surface area contributed by atoms with Crippen LogP contribution in [0.25, 0.3) is 16.8 Å². The Hall–Kier alpha value is -1.82. The Kier molecular flexibility index (Phi) is 3.27. The van der Waals surface area contributed by atoms with Crippen molar-refractivity contribution in [2.75, 3.05) is 0 Å². The summed E-state index contributed by atoms with van der Waals surface area (Å²) < 4.78 is 0. The van der Waals surface area contributed by atoms with Gasteiger partial charge >= 0.3 is 0 Å². The summed E-state index contributed by atoms with van der Waals surface area (Å²) in [6.45, 7) is 0. The Labute approximate surface area is 109 Å². The van der Waals surface area contributed by atoms with E-state index in [1.807, 2.05) is 0 Å². The van der Waals surface area contributed by atoms with Crippen LogP contribution >= 0.6 is 0 Å². The first-order valence-corrected chi connectivity index (χ1v) is 6.76. The van der Waals surface area contributed by atoms with E-state index in [9.17, 15) is 0 Å². The molecule has 18 heavy (non-hydrogen) atoms. The zero-order chi connectivity index (χ0) is 12.2. The normalized spacial score (nSPS) is 19.7. The van der Waals surface area contributed by atoms with Crippen LogP contribution in [0.5, 0.6) is 0 Å². The van der Waals surface area contributed by atoms with Crippen LogP contribution in [-0.2, 0) is 0 Å². The Morgan fingerprint density at radius 3 is 2.78 bits per heavy atom. The highest BCUT2D eigenvalue weighted by Crippen LogP contribution is 2.23. The third-order valence-corrected chi connectivity index (χ3v) is 3.64. The first-order chi connectivity index (χ1) is 8.93. The van der Waals surface area contributed by atoms with Gasteiger partial charge in [-0.25, -0.2) is 0 Å². The second-order valence-corrected chi connectivity index (χ2v) is 4.95. The van der Waals surface area contributed by atoms with Crippen LogP contribution in [0.1, 0.15) is 24.8 Å². The van der Waals surface area contributed by atoms with Crippen molar-refractivity contribution in [3.05, 3.63) is 66.3 Å². The minimum Gasteiger partial charge on any atom is -0.0879 e. The van der Waals surface area contributed by atoms with Crippen molar-refractivity contribution in [2.24, 2.45) is 5.92 Å². The molecular weight excluding hydrogens is 216 g/mol. The van der Waals surface area contributed by atoms with Gasteiger partial charge in [-0.15, -0.1) is 0 Å². The van der Waals surface area contributed by atoms with Crippen molar-refractivity contribution in [2.45, 2.75) is 19.3 Å². The average Bonchev–Trinajstić information content (AvgIpc) is 2.46. The van der Waals surface area contributed by atoms with Crippen molar-refractivity contribution in [3.63, 3.8) is 0 Å². The summed E-state index contributed by atoms with van der Waals surface area (Å²) >= 11 is 0. The van der Waals surface area contributed by atoms with Gasteiger partial charge in [0.2, 0.25) is 0 Å². The lowest BCUT2D eigenvalue weighted by Gasteiger charge is -2.11. The topological polar surface area (TPSA) is 0 Å². The molecule has 2 aromatic rings. The van der Waals surface area contributed by atoms with Crippen LogP contribution in [0.4, 0.5) is 0 Å². The van der Waals surface area contributed by atoms with Crippen LogP contribution in [0.2, 0.25) is 0 Å². The number of allylic oxidation sites excluding steroid dienone is 3. The first-order valence-electron chi connectivity index (χ1n) is 6.76. The van der Waals surface area contributed by atoms with Crippen LogP contribution in [-0.4, -0.2) is 0 Å². The zero-order valence-corrected chi connectivity index (χ0v) is 10.5. The number of hydrogen-bond acceptors (Lipinski definition) is 0. The van der Waals surface area contributed by atoms with E-state index in [0.29, 0.717) is 5.92 Å². The predicted molar refractivity (Wildman–Crippen MR) is 79.5 cm³/mol. The monoisotopic (exact) mass is 234 g/mol. The van der Waals surface area contributed by atoms with Crippen molar-refractivity contribution in [1.82, 2.24) is 0 Å². The summed E-state index contributed by atoms with van der Waals surface area (Å²) in [4.78, 5) is 0. The van der Waals surface area contributed by atoms with Gasteiger partial charge in [0.1, 0.15) is 0 Å². The fourth-order valence-electron chi connectivity index (χ4n) is 2.62. The summed E-state index contributed by atoms with van der Waals surface area (Å²) in [6, 6.07) is 15.1. The molecule has 0 bridgehead atoms. The molecule has 0 fully saturated rings. The van der Waals surface area contributed by atoms with E-state index < -0.39 is 0 Å². The van der Waals surface area contributed by atoms with Crippen molar-refractivity contribution >= 4 is 16.8 Å². The fourth-order valence-corrected chi connectivity index (χ4v) is 2.62. The molecule has 0 amide bonds. The molecule has 0 saturated carbocycles. The van der Waals surface area contributed by atoms with Gasteiger partial charge in [-0.05, 0) is 41.5 Å². The molecule has 0 saturated heterocycles. The third-order valence-electron chi connectivity index (χ3n) is 3.64. The molecule has 0 spiro atoms. The van der Waals surface area contributed by atoms with Gasteiger partial charge in [0.15, 0.2) is 0 Å². The quantitative estimate of drug-likeness (QED) is 0.626. The lowest BCUT2D eigenvalue weighted by Crippen LogP contribution is -1.95. The van der Waals surface area contributed by atoms with Crippen LogP contribution in [0.3, 0.4) is 0 Å². The number of hydrogen-bond donors (Lipinski definition) is 0. The summed E-state index contributed by atoms with van der Waals surface area (Å²) in [5.41, 5.74) is 1.33. The van der Waals surface area contributed by atoms with Crippen LogP contribution in [0, 0.1) is 5.92 Å². The third kappa shape index (κ3) is 2.38. The van der Waals surface area contributed by atoms with Crippen LogP contribution in [0.15, 0.2) is 60.7 Å². The van der Waals surface area contributed by atoms with Gasteiger partial charge in [-0.2, -0.15) is 0 Å². The smallest absolute Gasteiger partial charge is 0.00501 e. The SMILES string of the molecule is C1=CC(/C=C/c2cccc3ccccc23)CCC1.